The summed E-state index contributed by atoms with van der Waals surface area (Å²) in [6.45, 7) is 1.81. The van der Waals surface area contributed by atoms with E-state index in [0.29, 0.717) is 11.3 Å². The van der Waals surface area contributed by atoms with Crippen LogP contribution in [0.25, 0.3) is 0 Å². The van der Waals surface area contributed by atoms with Gasteiger partial charge in [0.05, 0.1) is 17.3 Å². The Morgan fingerprint density at radius 1 is 1.06 bits per heavy atom. The van der Waals surface area contributed by atoms with Gasteiger partial charge in [-0.15, -0.1) is 0 Å². The number of benzene rings is 2. The smallest absolute Gasteiger partial charge is 0.149 e. The van der Waals surface area contributed by atoms with E-state index in [0.717, 1.165) is 11.6 Å². The minimum Gasteiger partial charge on any atom is -0.353 e. The molecule has 0 amide bonds. The van der Waals surface area contributed by atoms with E-state index < -0.39 is 11.6 Å². The van der Waals surface area contributed by atoms with Gasteiger partial charge < -0.3 is 5.32 Å². The Morgan fingerprint density at radius 2 is 1.78 bits per heavy atom. The molecule has 18 heavy (non-hydrogen) atoms. The molecular formula is C14H10F2N2. The van der Waals surface area contributed by atoms with Crippen molar-refractivity contribution in [1.29, 1.82) is 5.26 Å². The van der Waals surface area contributed by atoms with Crippen molar-refractivity contribution in [2.24, 2.45) is 0 Å². The van der Waals surface area contributed by atoms with Gasteiger partial charge in [0.15, 0.2) is 0 Å². The number of hydrogen-bond acceptors (Lipinski definition) is 2. The summed E-state index contributed by atoms with van der Waals surface area (Å²) in [5.74, 6) is -1.27. The largest absolute Gasteiger partial charge is 0.353 e. The second kappa shape index (κ2) is 4.84. The molecule has 4 heteroatoms. The van der Waals surface area contributed by atoms with Crippen LogP contribution in [0.2, 0.25) is 0 Å². The monoisotopic (exact) mass is 244 g/mol. The zero-order valence-electron chi connectivity index (χ0n) is 9.67. The van der Waals surface area contributed by atoms with Gasteiger partial charge in [-0.1, -0.05) is 0 Å². The van der Waals surface area contributed by atoms with E-state index in [2.05, 4.69) is 5.32 Å². The zero-order chi connectivity index (χ0) is 13.1. The average molecular weight is 244 g/mol. The van der Waals surface area contributed by atoms with Gasteiger partial charge in [0.1, 0.15) is 11.6 Å². The lowest BCUT2D eigenvalue weighted by atomic mass is 10.1. The van der Waals surface area contributed by atoms with Crippen LogP contribution in [0.1, 0.15) is 11.1 Å². The summed E-state index contributed by atoms with van der Waals surface area (Å²) in [4.78, 5) is 0. The molecule has 0 fully saturated rings. The van der Waals surface area contributed by atoms with Gasteiger partial charge in [-0.2, -0.15) is 5.26 Å². The topological polar surface area (TPSA) is 35.8 Å². The summed E-state index contributed by atoms with van der Waals surface area (Å²) in [7, 11) is 0. The molecule has 0 bridgehead atoms. The van der Waals surface area contributed by atoms with Crippen molar-refractivity contribution in [3.05, 3.63) is 59.2 Å². The van der Waals surface area contributed by atoms with Crippen molar-refractivity contribution >= 4 is 11.4 Å². The van der Waals surface area contributed by atoms with Crippen LogP contribution >= 0.6 is 0 Å². The molecule has 1 N–H and O–H groups in total. The summed E-state index contributed by atoms with van der Waals surface area (Å²) in [5.41, 5.74) is 2.24. The van der Waals surface area contributed by atoms with Crippen LogP contribution in [-0.2, 0) is 0 Å². The zero-order valence-corrected chi connectivity index (χ0v) is 9.67. The standard InChI is InChI=1S/C14H10F2N2/c1-9-6-10(8-17)2-4-13(9)18-14-5-3-11(15)7-12(14)16/h2-7,18H,1H3. The lowest BCUT2D eigenvalue weighted by Crippen LogP contribution is -1.96. The number of anilines is 2. The maximum absolute atomic E-state index is 13.5. The van der Waals surface area contributed by atoms with Gasteiger partial charge in [0, 0.05) is 11.8 Å². The van der Waals surface area contributed by atoms with E-state index in [4.69, 9.17) is 5.26 Å². The van der Waals surface area contributed by atoms with Crippen LogP contribution in [0.4, 0.5) is 20.2 Å². The highest BCUT2D eigenvalue weighted by atomic mass is 19.1. The van der Waals surface area contributed by atoms with E-state index in [-0.39, 0.29) is 5.69 Å². The lowest BCUT2D eigenvalue weighted by Gasteiger charge is -2.10. The summed E-state index contributed by atoms with van der Waals surface area (Å²) >= 11 is 0. The molecule has 2 rings (SSSR count). The number of rotatable bonds is 2. The Kier molecular flexibility index (Phi) is 3.24. The molecule has 0 atom stereocenters. The Bertz CT molecular complexity index is 630. The van der Waals surface area contributed by atoms with Crippen LogP contribution in [0, 0.1) is 29.9 Å². The van der Waals surface area contributed by atoms with Gasteiger partial charge >= 0.3 is 0 Å². The van der Waals surface area contributed by atoms with E-state index in [9.17, 15) is 8.78 Å². The third-order valence-electron chi connectivity index (χ3n) is 2.56. The molecule has 0 saturated heterocycles. The van der Waals surface area contributed by atoms with Crippen molar-refractivity contribution < 1.29 is 8.78 Å². The highest BCUT2D eigenvalue weighted by molar-refractivity contribution is 5.64. The van der Waals surface area contributed by atoms with Gasteiger partial charge in [-0.05, 0) is 42.8 Å². The molecule has 0 aliphatic rings. The lowest BCUT2D eigenvalue weighted by molar-refractivity contribution is 0.586. The van der Waals surface area contributed by atoms with E-state index in [1.54, 1.807) is 18.2 Å². The number of nitrogens with zero attached hydrogens (tertiary/aromatic N) is 1. The first kappa shape index (κ1) is 12.1. The van der Waals surface area contributed by atoms with Crippen molar-refractivity contribution in [3.63, 3.8) is 0 Å². The minimum atomic E-state index is -0.654. The van der Waals surface area contributed by atoms with Crippen molar-refractivity contribution in [2.75, 3.05) is 5.32 Å². The number of halogens is 2. The Labute approximate surface area is 103 Å². The van der Waals surface area contributed by atoms with Gasteiger partial charge in [0.2, 0.25) is 0 Å². The maximum atomic E-state index is 13.5. The van der Waals surface area contributed by atoms with Gasteiger partial charge in [0.25, 0.3) is 0 Å². The first-order valence-corrected chi connectivity index (χ1v) is 5.33. The predicted molar refractivity (Wildman–Crippen MR) is 65.5 cm³/mol. The Morgan fingerprint density at radius 3 is 2.39 bits per heavy atom. The molecule has 2 aromatic carbocycles. The molecule has 0 radical (unpaired) electrons. The minimum absolute atomic E-state index is 0.198. The van der Waals surface area contributed by atoms with E-state index >= 15 is 0 Å². The first-order chi connectivity index (χ1) is 8.60. The highest BCUT2D eigenvalue weighted by Crippen LogP contribution is 2.23. The first-order valence-electron chi connectivity index (χ1n) is 5.33. The molecule has 2 aromatic rings. The molecule has 0 unspecified atom stereocenters. The van der Waals surface area contributed by atoms with E-state index in [1.807, 2.05) is 13.0 Å². The predicted octanol–water partition coefficient (Wildman–Crippen LogP) is 3.89. The molecular weight excluding hydrogens is 234 g/mol. The Balaban J connectivity index is 2.32. The molecule has 0 aliphatic heterocycles. The number of nitriles is 1. The number of hydrogen-bond donors (Lipinski definition) is 1. The van der Waals surface area contributed by atoms with Crippen molar-refractivity contribution in [2.45, 2.75) is 6.92 Å². The summed E-state index contributed by atoms with van der Waals surface area (Å²) in [6.07, 6.45) is 0. The molecule has 0 spiro atoms. The summed E-state index contributed by atoms with van der Waals surface area (Å²) < 4.78 is 26.2. The Hall–Kier alpha value is -2.41. The van der Waals surface area contributed by atoms with Crippen LogP contribution in [0.15, 0.2) is 36.4 Å². The molecule has 0 aromatic heterocycles. The van der Waals surface area contributed by atoms with Crippen molar-refractivity contribution in [3.8, 4) is 6.07 Å². The fourth-order valence-electron chi connectivity index (χ4n) is 1.61. The number of nitrogens with one attached hydrogen (secondary N) is 1. The fourth-order valence-corrected chi connectivity index (χ4v) is 1.61. The van der Waals surface area contributed by atoms with Crippen LogP contribution < -0.4 is 5.32 Å². The fraction of sp³-hybridized carbons (Fsp3) is 0.0714. The second-order valence-electron chi connectivity index (χ2n) is 3.89. The van der Waals surface area contributed by atoms with Crippen LogP contribution in [0.3, 0.4) is 0 Å². The van der Waals surface area contributed by atoms with Crippen LogP contribution in [-0.4, -0.2) is 0 Å². The van der Waals surface area contributed by atoms with E-state index in [1.165, 1.54) is 12.1 Å². The summed E-state index contributed by atoms with van der Waals surface area (Å²) in [6, 6.07) is 10.4. The summed E-state index contributed by atoms with van der Waals surface area (Å²) in [5, 5.41) is 11.6. The molecule has 0 saturated carbocycles. The van der Waals surface area contributed by atoms with Gasteiger partial charge in [-0.3, -0.25) is 0 Å². The second-order valence-corrected chi connectivity index (χ2v) is 3.89. The average Bonchev–Trinajstić information content (AvgIpc) is 2.34. The quantitative estimate of drug-likeness (QED) is 0.869. The van der Waals surface area contributed by atoms with Crippen LogP contribution in [0.5, 0.6) is 0 Å². The molecule has 0 aliphatic carbocycles. The third kappa shape index (κ3) is 2.46. The van der Waals surface area contributed by atoms with Gasteiger partial charge in [-0.25, -0.2) is 8.78 Å². The van der Waals surface area contributed by atoms with Crippen molar-refractivity contribution in [1.82, 2.24) is 0 Å². The highest BCUT2D eigenvalue weighted by Gasteiger charge is 2.06. The normalized spacial score (nSPS) is 9.89. The SMILES string of the molecule is Cc1cc(C#N)ccc1Nc1ccc(F)cc1F. The molecule has 0 heterocycles. The number of aryl methyl sites for hydroxylation is 1. The third-order valence-corrected chi connectivity index (χ3v) is 2.56. The molecule has 2 nitrogen and oxygen atoms in total. The maximum Gasteiger partial charge on any atom is 0.149 e. The molecule has 90 valence electrons.